The lowest BCUT2D eigenvalue weighted by molar-refractivity contribution is -0.157. The van der Waals surface area contributed by atoms with E-state index in [0.29, 0.717) is 25.9 Å². The molecule has 7 heteroatoms. The number of methoxy groups -OCH3 is 1. The van der Waals surface area contributed by atoms with E-state index in [4.69, 9.17) is 9.47 Å². The van der Waals surface area contributed by atoms with Crippen LogP contribution in [0.25, 0.3) is 0 Å². The van der Waals surface area contributed by atoms with Gasteiger partial charge in [-0.25, -0.2) is 9.59 Å². The number of esters is 1. The number of carbonyl (C=O) groups excluding carboxylic acids is 3. The van der Waals surface area contributed by atoms with Gasteiger partial charge in [-0.05, 0) is 59.3 Å². The van der Waals surface area contributed by atoms with Crippen LogP contribution in [0.4, 0.5) is 4.79 Å². The molecule has 2 aliphatic rings. The van der Waals surface area contributed by atoms with Gasteiger partial charge in [-0.15, -0.1) is 0 Å². The Morgan fingerprint density at radius 2 is 1.44 bits per heavy atom. The van der Waals surface area contributed by atoms with Crippen LogP contribution in [0.15, 0.2) is 0 Å². The average Bonchev–Trinajstić information content (AvgIpc) is 2.59. The van der Waals surface area contributed by atoms with Crippen LogP contribution >= 0.6 is 0 Å². The standard InChI is InChI=1S/C18H30N2O5/c1-18(2,3)25-17(23)20-12-8-5-9-13(20)15(21)19-11-7-6-10-14(19)16(22)24-4/h13-14H,5-12H2,1-4H3. The molecule has 0 aromatic carbocycles. The van der Waals surface area contributed by atoms with Crippen LogP contribution in [0.5, 0.6) is 0 Å². The molecule has 2 fully saturated rings. The zero-order valence-electron chi connectivity index (χ0n) is 15.7. The first-order valence-electron chi connectivity index (χ1n) is 9.12. The third-order valence-electron chi connectivity index (χ3n) is 4.68. The third kappa shape index (κ3) is 4.86. The van der Waals surface area contributed by atoms with Crippen molar-refractivity contribution in [1.82, 2.24) is 9.80 Å². The number of amides is 2. The van der Waals surface area contributed by atoms with Gasteiger partial charge in [0.2, 0.25) is 5.91 Å². The van der Waals surface area contributed by atoms with Gasteiger partial charge >= 0.3 is 12.1 Å². The van der Waals surface area contributed by atoms with Gasteiger partial charge in [0.25, 0.3) is 0 Å². The molecule has 2 heterocycles. The molecule has 2 saturated heterocycles. The lowest BCUT2D eigenvalue weighted by atomic mass is 9.97. The fourth-order valence-electron chi connectivity index (χ4n) is 3.50. The van der Waals surface area contributed by atoms with E-state index >= 15 is 0 Å². The predicted octanol–water partition coefficient (Wildman–Crippen LogP) is 2.33. The number of hydrogen-bond acceptors (Lipinski definition) is 5. The number of nitrogens with zero attached hydrogens (tertiary/aromatic N) is 2. The van der Waals surface area contributed by atoms with Crippen molar-refractivity contribution in [1.29, 1.82) is 0 Å². The summed E-state index contributed by atoms with van der Waals surface area (Å²) in [4.78, 5) is 40.8. The van der Waals surface area contributed by atoms with Gasteiger partial charge in [-0.1, -0.05) is 0 Å². The summed E-state index contributed by atoms with van der Waals surface area (Å²) in [6.07, 6.45) is 4.23. The number of ether oxygens (including phenoxy) is 2. The largest absolute Gasteiger partial charge is 0.467 e. The first-order valence-corrected chi connectivity index (χ1v) is 9.12. The van der Waals surface area contributed by atoms with Crippen molar-refractivity contribution < 1.29 is 23.9 Å². The number of hydrogen-bond donors (Lipinski definition) is 0. The van der Waals surface area contributed by atoms with Crippen molar-refractivity contribution in [3.8, 4) is 0 Å². The average molecular weight is 354 g/mol. The molecule has 0 spiro atoms. The van der Waals surface area contributed by atoms with E-state index < -0.39 is 23.8 Å². The molecule has 0 aromatic rings. The van der Waals surface area contributed by atoms with E-state index in [0.717, 1.165) is 25.7 Å². The van der Waals surface area contributed by atoms with Gasteiger partial charge in [0.05, 0.1) is 7.11 Å². The van der Waals surface area contributed by atoms with Gasteiger partial charge in [0.15, 0.2) is 0 Å². The Morgan fingerprint density at radius 3 is 2.00 bits per heavy atom. The van der Waals surface area contributed by atoms with Crippen molar-refractivity contribution in [2.45, 2.75) is 77.0 Å². The first-order chi connectivity index (χ1) is 11.7. The molecule has 0 bridgehead atoms. The molecular formula is C18H30N2O5. The van der Waals surface area contributed by atoms with Crippen molar-refractivity contribution in [2.75, 3.05) is 20.2 Å². The zero-order chi connectivity index (χ0) is 18.6. The minimum atomic E-state index is -0.609. The molecular weight excluding hydrogens is 324 g/mol. The summed E-state index contributed by atoms with van der Waals surface area (Å²) in [6, 6.07) is -1.11. The van der Waals surface area contributed by atoms with Crippen molar-refractivity contribution in [2.24, 2.45) is 0 Å². The van der Waals surface area contributed by atoms with E-state index in [1.54, 1.807) is 4.90 Å². The molecule has 2 atom stereocenters. The number of likely N-dealkylation sites (tertiary alicyclic amines) is 2. The summed E-state index contributed by atoms with van der Waals surface area (Å²) in [5, 5.41) is 0. The van der Waals surface area contributed by atoms with E-state index in [-0.39, 0.29) is 11.9 Å². The highest BCUT2D eigenvalue weighted by Crippen LogP contribution is 2.26. The maximum Gasteiger partial charge on any atom is 0.410 e. The summed E-state index contributed by atoms with van der Waals surface area (Å²) in [7, 11) is 1.34. The SMILES string of the molecule is COC(=O)C1CCCCN1C(=O)C1CCCCN1C(=O)OC(C)(C)C. The normalized spacial score (nSPS) is 24.6. The molecule has 0 radical (unpaired) electrons. The second kappa shape index (κ2) is 8.06. The van der Waals surface area contributed by atoms with E-state index in [2.05, 4.69) is 0 Å². The molecule has 2 aliphatic heterocycles. The van der Waals surface area contributed by atoms with Gasteiger partial charge in [0.1, 0.15) is 17.7 Å². The highest BCUT2D eigenvalue weighted by molar-refractivity contribution is 5.90. The van der Waals surface area contributed by atoms with Crippen LogP contribution in [-0.2, 0) is 19.1 Å². The fraction of sp³-hybridized carbons (Fsp3) is 0.833. The second-order valence-corrected chi connectivity index (χ2v) is 7.75. The van der Waals surface area contributed by atoms with Crippen molar-refractivity contribution >= 4 is 18.0 Å². The maximum atomic E-state index is 13.1. The first kappa shape index (κ1) is 19.5. The molecule has 2 unspecified atom stereocenters. The zero-order valence-corrected chi connectivity index (χ0v) is 15.7. The molecule has 0 N–H and O–H groups in total. The maximum absolute atomic E-state index is 13.1. The van der Waals surface area contributed by atoms with E-state index in [1.165, 1.54) is 12.0 Å². The van der Waals surface area contributed by atoms with Crippen LogP contribution in [0.3, 0.4) is 0 Å². The Morgan fingerprint density at radius 1 is 0.880 bits per heavy atom. The number of piperidine rings is 2. The molecule has 0 saturated carbocycles. The van der Waals surface area contributed by atoms with Crippen LogP contribution in [-0.4, -0.2) is 65.7 Å². The van der Waals surface area contributed by atoms with Crippen LogP contribution in [0.2, 0.25) is 0 Å². The smallest absolute Gasteiger partial charge is 0.410 e. The molecule has 0 aliphatic carbocycles. The Balaban J connectivity index is 2.16. The summed E-state index contributed by atoms with van der Waals surface area (Å²) in [6.45, 7) is 6.45. The number of rotatable bonds is 2. The highest BCUT2D eigenvalue weighted by Gasteiger charge is 2.41. The monoisotopic (exact) mass is 354 g/mol. The second-order valence-electron chi connectivity index (χ2n) is 7.75. The Hall–Kier alpha value is -1.79. The molecule has 7 nitrogen and oxygen atoms in total. The van der Waals surface area contributed by atoms with Crippen LogP contribution < -0.4 is 0 Å². The molecule has 2 amide bonds. The van der Waals surface area contributed by atoms with Crippen molar-refractivity contribution in [3.05, 3.63) is 0 Å². The lowest BCUT2D eigenvalue weighted by Crippen LogP contribution is -2.58. The highest BCUT2D eigenvalue weighted by atomic mass is 16.6. The fourth-order valence-corrected chi connectivity index (χ4v) is 3.50. The van der Waals surface area contributed by atoms with Gasteiger partial charge in [-0.2, -0.15) is 0 Å². The Bertz CT molecular complexity index is 514. The Kier molecular flexibility index (Phi) is 6.30. The quantitative estimate of drug-likeness (QED) is 0.712. The summed E-state index contributed by atoms with van der Waals surface area (Å²) in [5.74, 6) is -0.548. The molecule has 2 rings (SSSR count). The van der Waals surface area contributed by atoms with Crippen molar-refractivity contribution in [3.63, 3.8) is 0 Å². The minimum Gasteiger partial charge on any atom is -0.467 e. The molecule has 142 valence electrons. The van der Waals surface area contributed by atoms with Gasteiger partial charge in [-0.3, -0.25) is 9.69 Å². The minimum absolute atomic E-state index is 0.166. The lowest BCUT2D eigenvalue weighted by Gasteiger charge is -2.41. The van der Waals surface area contributed by atoms with Gasteiger partial charge < -0.3 is 14.4 Å². The van der Waals surface area contributed by atoms with Crippen LogP contribution in [0.1, 0.15) is 59.3 Å². The summed E-state index contributed by atoms with van der Waals surface area (Å²) < 4.78 is 10.3. The Labute approximate surface area is 149 Å². The third-order valence-corrected chi connectivity index (χ3v) is 4.68. The summed E-state index contributed by atoms with van der Waals surface area (Å²) in [5.41, 5.74) is -0.609. The summed E-state index contributed by atoms with van der Waals surface area (Å²) >= 11 is 0. The molecule has 25 heavy (non-hydrogen) atoms. The van der Waals surface area contributed by atoms with E-state index in [9.17, 15) is 14.4 Å². The molecule has 0 aromatic heterocycles. The number of carbonyl (C=O) groups is 3. The van der Waals surface area contributed by atoms with E-state index in [1.807, 2.05) is 20.8 Å². The topological polar surface area (TPSA) is 76.2 Å². The predicted molar refractivity (Wildman–Crippen MR) is 91.9 cm³/mol. The van der Waals surface area contributed by atoms with Gasteiger partial charge in [0, 0.05) is 13.1 Å². The van der Waals surface area contributed by atoms with Crippen LogP contribution in [0, 0.1) is 0 Å².